The molecule has 21 heavy (non-hydrogen) atoms. The van der Waals surface area contributed by atoms with E-state index in [9.17, 15) is 13.2 Å². The van der Waals surface area contributed by atoms with E-state index in [0.29, 0.717) is 0 Å². The Balaban J connectivity index is 2.21. The molecule has 114 valence electrons. The third kappa shape index (κ3) is 4.49. The summed E-state index contributed by atoms with van der Waals surface area (Å²) in [6.45, 7) is 3.01. The molecular formula is C14H16F3N3S. The van der Waals surface area contributed by atoms with Gasteiger partial charge in [-0.05, 0) is 11.5 Å². The highest BCUT2D eigenvalue weighted by Gasteiger charge is 2.30. The van der Waals surface area contributed by atoms with Gasteiger partial charge in [-0.15, -0.1) is 10.2 Å². The van der Waals surface area contributed by atoms with Gasteiger partial charge in [0.05, 0.1) is 0 Å². The highest BCUT2D eigenvalue weighted by molar-refractivity contribution is 7.99. The number of benzene rings is 1. The summed E-state index contributed by atoms with van der Waals surface area (Å²) in [5, 5.41) is 7.75. The Morgan fingerprint density at radius 1 is 1.19 bits per heavy atom. The van der Waals surface area contributed by atoms with Crippen molar-refractivity contribution in [1.82, 2.24) is 14.8 Å². The predicted molar refractivity (Wildman–Crippen MR) is 76.0 cm³/mol. The lowest BCUT2D eigenvalue weighted by Gasteiger charge is -2.20. The summed E-state index contributed by atoms with van der Waals surface area (Å²) < 4.78 is 38.6. The van der Waals surface area contributed by atoms with E-state index in [2.05, 4.69) is 10.2 Å². The molecule has 1 atom stereocenters. The van der Waals surface area contributed by atoms with Crippen LogP contribution in [-0.4, -0.2) is 20.9 Å². The van der Waals surface area contributed by atoms with E-state index in [1.165, 1.54) is 11.8 Å². The minimum atomic E-state index is -4.28. The van der Waals surface area contributed by atoms with Crippen LogP contribution >= 0.6 is 11.8 Å². The molecule has 0 radical (unpaired) electrons. The Bertz CT molecular complexity index is 566. The van der Waals surface area contributed by atoms with Crippen molar-refractivity contribution in [3.05, 3.63) is 42.2 Å². The number of thioether (sulfide) groups is 1. The molecule has 7 heteroatoms. The van der Waals surface area contributed by atoms with Crippen molar-refractivity contribution in [1.29, 1.82) is 0 Å². The normalized spacial score (nSPS) is 13.6. The highest BCUT2D eigenvalue weighted by atomic mass is 32.2. The van der Waals surface area contributed by atoms with E-state index in [1.807, 2.05) is 44.2 Å². The second-order valence-corrected chi connectivity index (χ2v) is 6.16. The summed E-state index contributed by atoms with van der Waals surface area (Å²) in [6, 6.07) is 9.71. The molecule has 1 heterocycles. The molecule has 0 aliphatic rings. The number of halogens is 3. The maximum Gasteiger partial charge on any atom is 0.406 e. The average Bonchev–Trinajstić information content (AvgIpc) is 2.81. The zero-order valence-electron chi connectivity index (χ0n) is 11.7. The van der Waals surface area contributed by atoms with Gasteiger partial charge in [-0.3, -0.25) is 4.57 Å². The van der Waals surface area contributed by atoms with Crippen LogP contribution in [0.25, 0.3) is 0 Å². The SMILES string of the molecule is CC(C)[C@H](Sc1nncn1CC(F)(F)F)c1ccccc1. The van der Waals surface area contributed by atoms with Gasteiger partial charge in [0, 0.05) is 5.25 Å². The lowest BCUT2D eigenvalue weighted by Crippen LogP contribution is -2.18. The van der Waals surface area contributed by atoms with Crippen LogP contribution in [0.5, 0.6) is 0 Å². The molecule has 0 spiro atoms. The molecule has 0 fully saturated rings. The van der Waals surface area contributed by atoms with Crippen LogP contribution in [0.1, 0.15) is 24.7 Å². The van der Waals surface area contributed by atoms with Gasteiger partial charge in [0.15, 0.2) is 5.16 Å². The second-order valence-electron chi connectivity index (χ2n) is 5.05. The minimum Gasteiger partial charge on any atom is -0.299 e. The van der Waals surface area contributed by atoms with Crippen molar-refractivity contribution in [2.24, 2.45) is 5.92 Å². The first kappa shape index (κ1) is 15.9. The van der Waals surface area contributed by atoms with Crippen molar-refractivity contribution in [3.63, 3.8) is 0 Å². The number of alkyl halides is 3. The summed E-state index contributed by atoms with van der Waals surface area (Å²) in [5.41, 5.74) is 1.07. The van der Waals surface area contributed by atoms with Crippen molar-refractivity contribution < 1.29 is 13.2 Å². The molecule has 2 aromatic rings. The zero-order chi connectivity index (χ0) is 15.5. The topological polar surface area (TPSA) is 30.7 Å². The van der Waals surface area contributed by atoms with Crippen molar-refractivity contribution in [3.8, 4) is 0 Å². The van der Waals surface area contributed by atoms with Gasteiger partial charge in [0.2, 0.25) is 0 Å². The molecular weight excluding hydrogens is 299 g/mol. The van der Waals surface area contributed by atoms with Crippen LogP contribution in [0.15, 0.2) is 41.8 Å². The van der Waals surface area contributed by atoms with Gasteiger partial charge in [-0.25, -0.2) is 0 Å². The third-order valence-corrected chi connectivity index (χ3v) is 4.49. The third-order valence-electron chi connectivity index (χ3n) is 2.90. The van der Waals surface area contributed by atoms with E-state index in [1.54, 1.807) is 0 Å². The molecule has 0 aliphatic carbocycles. The van der Waals surface area contributed by atoms with Gasteiger partial charge in [-0.1, -0.05) is 55.9 Å². The number of hydrogen-bond acceptors (Lipinski definition) is 3. The molecule has 0 unspecified atom stereocenters. The maximum atomic E-state index is 12.5. The van der Waals surface area contributed by atoms with Gasteiger partial charge < -0.3 is 0 Å². The molecule has 1 aromatic heterocycles. The molecule has 0 saturated carbocycles. The first-order chi connectivity index (χ1) is 9.87. The second kappa shape index (κ2) is 6.51. The maximum absolute atomic E-state index is 12.5. The summed E-state index contributed by atoms with van der Waals surface area (Å²) >= 11 is 1.31. The smallest absolute Gasteiger partial charge is 0.299 e. The highest BCUT2D eigenvalue weighted by Crippen LogP contribution is 2.39. The fourth-order valence-corrected chi connectivity index (χ4v) is 3.12. The monoisotopic (exact) mass is 315 g/mol. The fraction of sp³-hybridized carbons (Fsp3) is 0.429. The molecule has 0 aliphatic heterocycles. The van der Waals surface area contributed by atoms with Crippen molar-refractivity contribution in [2.45, 2.75) is 37.0 Å². The van der Waals surface area contributed by atoms with Crippen LogP contribution < -0.4 is 0 Å². The summed E-state index contributed by atoms with van der Waals surface area (Å²) in [7, 11) is 0. The lowest BCUT2D eigenvalue weighted by atomic mass is 10.0. The Labute approximate surface area is 125 Å². The van der Waals surface area contributed by atoms with E-state index < -0.39 is 12.7 Å². The number of aromatic nitrogens is 3. The Morgan fingerprint density at radius 2 is 1.86 bits per heavy atom. The van der Waals surface area contributed by atoms with Crippen molar-refractivity contribution >= 4 is 11.8 Å². The Kier molecular flexibility index (Phi) is 4.92. The van der Waals surface area contributed by atoms with E-state index in [4.69, 9.17) is 0 Å². The van der Waals surface area contributed by atoms with Crippen LogP contribution in [-0.2, 0) is 6.54 Å². The molecule has 0 bridgehead atoms. The number of hydrogen-bond donors (Lipinski definition) is 0. The van der Waals surface area contributed by atoms with Gasteiger partial charge in [-0.2, -0.15) is 13.2 Å². The van der Waals surface area contributed by atoms with Crippen LogP contribution in [0.2, 0.25) is 0 Å². The first-order valence-corrected chi connectivity index (χ1v) is 7.41. The zero-order valence-corrected chi connectivity index (χ0v) is 12.5. The lowest BCUT2D eigenvalue weighted by molar-refractivity contribution is -0.142. The first-order valence-electron chi connectivity index (χ1n) is 6.53. The summed E-state index contributed by atoms with van der Waals surface area (Å²) in [4.78, 5) is 0. The van der Waals surface area contributed by atoms with E-state index >= 15 is 0 Å². The average molecular weight is 315 g/mol. The van der Waals surface area contributed by atoms with E-state index in [0.717, 1.165) is 16.5 Å². The Morgan fingerprint density at radius 3 is 2.43 bits per heavy atom. The molecule has 2 rings (SSSR count). The van der Waals surface area contributed by atoms with Crippen molar-refractivity contribution in [2.75, 3.05) is 0 Å². The number of nitrogens with zero attached hydrogens (tertiary/aromatic N) is 3. The van der Waals surface area contributed by atoms with Crippen LogP contribution in [0.3, 0.4) is 0 Å². The van der Waals surface area contributed by atoms with Gasteiger partial charge in [0.25, 0.3) is 0 Å². The van der Waals surface area contributed by atoms with Crippen LogP contribution in [0, 0.1) is 5.92 Å². The molecule has 1 aromatic carbocycles. The van der Waals surface area contributed by atoms with E-state index in [-0.39, 0.29) is 16.3 Å². The predicted octanol–water partition coefficient (Wildman–Crippen LogP) is 4.33. The largest absolute Gasteiger partial charge is 0.406 e. The molecule has 0 N–H and O–H groups in total. The summed E-state index contributed by atoms with van der Waals surface area (Å²) in [6.07, 6.45) is -3.16. The van der Waals surface area contributed by atoms with Gasteiger partial charge >= 0.3 is 6.18 Å². The quantitative estimate of drug-likeness (QED) is 0.769. The standard InChI is InChI=1S/C14H16F3N3S/c1-10(2)12(11-6-4-3-5-7-11)21-13-19-18-9-20(13)8-14(15,16)17/h3-7,9-10,12H,8H2,1-2H3/t12-/m0/s1. The number of rotatable bonds is 5. The molecule has 3 nitrogen and oxygen atoms in total. The van der Waals surface area contributed by atoms with Gasteiger partial charge in [0.1, 0.15) is 12.9 Å². The molecule has 0 amide bonds. The minimum absolute atomic E-state index is 0.0300. The fourth-order valence-electron chi connectivity index (χ4n) is 1.98. The summed E-state index contributed by atoms with van der Waals surface area (Å²) in [5.74, 6) is 0.258. The Hall–Kier alpha value is -1.50. The van der Waals surface area contributed by atoms with Crippen LogP contribution in [0.4, 0.5) is 13.2 Å². The molecule has 0 saturated heterocycles.